The van der Waals surface area contributed by atoms with Crippen LogP contribution in [0.4, 0.5) is 0 Å². The lowest BCUT2D eigenvalue weighted by Gasteiger charge is -2.26. The second-order valence-corrected chi connectivity index (χ2v) is 11.3. The Hall–Kier alpha value is -3.32. The van der Waals surface area contributed by atoms with Crippen molar-refractivity contribution in [2.45, 2.75) is 77.4 Å². The van der Waals surface area contributed by atoms with Gasteiger partial charge in [-0.3, -0.25) is 28.8 Å². The van der Waals surface area contributed by atoms with Gasteiger partial charge in [0.25, 0.3) is 0 Å². The van der Waals surface area contributed by atoms with Crippen molar-refractivity contribution in [2.24, 2.45) is 11.8 Å². The predicted molar refractivity (Wildman–Crippen MR) is 160 cm³/mol. The summed E-state index contributed by atoms with van der Waals surface area (Å²) in [6.45, 7) is 5.49. The van der Waals surface area contributed by atoms with Crippen molar-refractivity contribution in [3.8, 4) is 0 Å². The summed E-state index contributed by atoms with van der Waals surface area (Å²) in [6, 6.07) is 3.85. The summed E-state index contributed by atoms with van der Waals surface area (Å²) in [4.78, 5) is 73.6. The summed E-state index contributed by atoms with van der Waals surface area (Å²) in [5, 5.41) is 29.0. The molecular weight excluding hydrogens is 588 g/mol. The summed E-state index contributed by atoms with van der Waals surface area (Å²) < 4.78 is 0. The van der Waals surface area contributed by atoms with Crippen LogP contribution >= 0.6 is 24.2 Å². The molecule has 1 aromatic carbocycles. The van der Waals surface area contributed by atoms with Gasteiger partial charge >= 0.3 is 11.9 Å². The van der Waals surface area contributed by atoms with Gasteiger partial charge in [-0.25, -0.2) is 0 Å². The second-order valence-electron chi connectivity index (χ2n) is 10.5. The highest BCUT2D eigenvalue weighted by Crippen LogP contribution is 2.15. The third kappa shape index (κ3) is 14.5. The SMILES string of the molecule is CC(C)C[C@H](NC(=O)[C@H](CCC(=O)O)NC(=O)CC(C)CC(=O)O)C(=O)N[C@@H](CS)C(=O)NCCc1ccccc1Cl. The predicted octanol–water partition coefficient (Wildman–Crippen LogP) is 1.79. The Bertz CT molecular complexity index is 1100. The van der Waals surface area contributed by atoms with Crippen molar-refractivity contribution < 1.29 is 39.0 Å². The summed E-state index contributed by atoms with van der Waals surface area (Å²) >= 11 is 10.3. The molecule has 4 atom stereocenters. The van der Waals surface area contributed by atoms with E-state index in [1.54, 1.807) is 19.1 Å². The number of carbonyl (C=O) groups excluding carboxylic acids is 4. The Balaban J connectivity index is 2.89. The monoisotopic (exact) mass is 628 g/mol. The molecule has 0 saturated carbocycles. The largest absolute Gasteiger partial charge is 0.481 e. The van der Waals surface area contributed by atoms with Gasteiger partial charge in [0.1, 0.15) is 18.1 Å². The average Bonchev–Trinajstić information content (AvgIpc) is 2.89. The van der Waals surface area contributed by atoms with Crippen molar-refractivity contribution in [1.82, 2.24) is 21.3 Å². The van der Waals surface area contributed by atoms with Crippen LogP contribution in [0.1, 0.15) is 58.4 Å². The molecule has 12 nitrogen and oxygen atoms in total. The summed E-state index contributed by atoms with van der Waals surface area (Å²) in [5.74, 6) is -5.36. The maximum absolute atomic E-state index is 13.2. The maximum atomic E-state index is 13.2. The van der Waals surface area contributed by atoms with Gasteiger partial charge in [0.2, 0.25) is 23.6 Å². The molecule has 0 aliphatic heterocycles. The first kappa shape index (κ1) is 36.7. The molecular formula is C28H41ClN4O8S. The lowest BCUT2D eigenvalue weighted by Crippen LogP contribution is -2.57. The molecule has 42 heavy (non-hydrogen) atoms. The van der Waals surface area contributed by atoms with Gasteiger partial charge < -0.3 is 31.5 Å². The van der Waals surface area contributed by atoms with Crippen molar-refractivity contribution in [3.05, 3.63) is 34.9 Å². The molecule has 4 amide bonds. The van der Waals surface area contributed by atoms with E-state index in [2.05, 4.69) is 33.9 Å². The lowest BCUT2D eigenvalue weighted by atomic mass is 10.0. The number of halogens is 1. The van der Waals surface area contributed by atoms with E-state index in [1.807, 2.05) is 26.0 Å². The molecule has 0 bridgehead atoms. The number of aliphatic carboxylic acids is 2. The van der Waals surface area contributed by atoms with E-state index in [9.17, 15) is 28.8 Å². The molecule has 14 heteroatoms. The molecule has 1 unspecified atom stereocenters. The second kappa shape index (κ2) is 19.0. The van der Waals surface area contributed by atoms with E-state index in [-0.39, 0.29) is 43.9 Å². The lowest BCUT2D eigenvalue weighted by molar-refractivity contribution is -0.140. The molecule has 0 heterocycles. The molecule has 1 rings (SSSR count). The van der Waals surface area contributed by atoms with Crippen LogP contribution in [0.25, 0.3) is 0 Å². The number of hydrogen-bond acceptors (Lipinski definition) is 7. The molecule has 0 fully saturated rings. The van der Waals surface area contributed by atoms with E-state index in [0.717, 1.165) is 5.56 Å². The number of carbonyl (C=O) groups is 6. The van der Waals surface area contributed by atoms with Crippen molar-refractivity contribution in [1.29, 1.82) is 0 Å². The number of amides is 4. The highest BCUT2D eigenvalue weighted by molar-refractivity contribution is 7.80. The molecule has 0 radical (unpaired) electrons. The zero-order valence-corrected chi connectivity index (χ0v) is 25.7. The van der Waals surface area contributed by atoms with Crippen LogP contribution in [0.15, 0.2) is 24.3 Å². The fraction of sp³-hybridized carbons (Fsp3) is 0.571. The van der Waals surface area contributed by atoms with Crippen LogP contribution in [-0.2, 0) is 35.2 Å². The van der Waals surface area contributed by atoms with Crippen LogP contribution in [0, 0.1) is 11.8 Å². The molecule has 0 spiro atoms. The third-order valence-corrected chi connectivity index (χ3v) is 6.90. The van der Waals surface area contributed by atoms with E-state index in [0.29, 0.717) is 11.4 Å². The minimum absolute atomic E-state index is 0.0160. The minimum atomic E-state index is -1.28. The van der Waals surface area contributed by atoms with Crippen molar-refractivity contribution >= 4 is 59.8 Å². The van der Waals surface area contributed by atoms with Crippen molar-refractivity contribution in [2.75, 3.05) is 12.3 Å². The van der Waals surface area contributed by atoms with E-state index < -0.39 is 66.0 Å². The molecule has 0 aromatic heterocycles. The van der Waals surface area contributed by atoms with Gasteiger partial charge in [0, 0.05) is 36.6 Å². The number of nitrogens with one attached hydrogen (secondary N) is 4. The third-order valence-electron chi connectivity index (χ3n) is 6.16. The Morgan fingerprint density at radius 1 is 0.833 bits per heavy atom. The van der Waals surface area contributed by atoms with Gasteiger partial charge in [0.05, 0.1) is 0 Å². The number of thiol groups is 1. The fourth-order valence-corrected chi connectivity index (χ4v) is 4.55. The van der Waals surface area contributed by atoms with Crippen molar-refractivity contribution in [3.63, 3.8) is 0 Å². The summed E-state index contributed by atoms with van der Waals surface area (Å²) in [6.07, 6.45) is -0.447. The molecule has 6 N–H and O–H groups in total. The maximum Gasteiger partial charge on any atom is 0.303 e. The molecule has 234 valence electrons. The van der Waals surface area contributed by atoms with Crippen LogP contribution in [0.2, 0.25) is 5.02 Å². The zero-order chi connectivity index (χ0) is 31.8. The number of carboxylic acids is 2. The topological polar surface area (TPSA) is 191 Å². The Morgan fingerprint density at radius 3 is 2.02 bits per heavy atom. The first-order chi connectivity index (χ1) is 19.7. The Morgan fingerprint density at radius 2 is 1.45 bits per heavy atom. The fourth-order valence-electron chi connectivity index (χ4n) is 4.06. The van der Waals surface area contributed by atoms with Gasteiger partial charge in [-0.1, -0.05) is 50.6 Å². The summed E-state index contributed by atoms with van der Waals surface area (Å²) in [7, 11) is 0. The number of carboxylic acid groups (broad SMARTS) is 2. The van der Waals surface area contributed by atoms with Crippen LogP contribution in [0.5, 0.6) is 0 Å². The number of hydrogen-bond donors (Lipinski definition) is 7. The Kier molecular flexibility index (Phi) is 16.6. The normalized spacial score (nSPS) is 13.8. The molecule has 0 saturated heterocycles. The van der Waals surface area contributed by atoms with Gasteiger partial charge in [0.15, 0.2) is 0 Å². The van der Waals surface area contributed by atoms with Gasteiger partial charge in [-0.2, -0.15) is 12.6 Å². The van der Waals surface area contributed by atoms with Crippen LogP contribution in [0.3, 0.4) is 0 Å². The first-order valence-corrected chi connectivity index (χ1v) is 14.7. The Labute approximate surface area is 256 Å². The molecule has 1 aromatic rings. The molecule has 0 aliphatic carbocycles. The van der Waals surface area contributed by atoms with E-state index >= 15 is 0 Å². The van der Waals surface area contributed by atoms with Gasteiger partial charge in [-0.05, 0) is 42.7 Å². The van der Waals surface area contributed by atoms with Crippen LogP contribution < -0.4 is 21.3 Å². The quantitative estimate of drug-likeness (QED) is 0.113. The van der Waals surface area contributed by atoms with E-state index in [1.165, 1.54) is 0 Å². The van der Waals surface area contributed by atoms with E-state index in [4.69, 9.17) is 21.8 Å². The smallest absolute Gasteiger partial charge is 0.303 e. The summed E-state index contributed by atoms with van der Waals surface area (Å²) in [5.41, 5.74) is 0.853. The first-order valence-electron chi connectivity index (χ1n) is 13.7. The zero-order valence-electron chi connectivity index (χ0n) is 24.0. The molecule has 0 aliphatic rings. The highest BCUT2D eigenvalue weighted by atomic mass is 35.5. The number of benzene rings is 1. The standard InChI is InChI=1S/C28H41ClN4O8S/c1-16(2)12-21(28(41)33-22(15-42)26(39)30-11-10-18-6-4-5-7-19(18)29)32-27(40)20(8-9-24(35)36)31-23(34)13-17(3)14-25(37)38/h4-7,16-17,20-22,42H,8-15H2,1-3H3,(H,30,39)(H,31,34)(H,32,40)(H,33,41)(H,35,36)(H,37,38)/t17?,20-,21-,22-/m0/s1. The number of rotatable bonds is 19. The minimum Gasteiger partial charge on any atom is -0.481 e. The average molecular weight is 629 g/mol. The van der Waals surface area contributed by atoms with Gasteiger partial charge in [-0.15, -0.1) is 0 Å². The van der Waals surface area contributed by atoms with Crippen LogP contribution in [-0.4, -0.2) is 76.2 Å². The highest BCUT2D eigenvalue weighted by Gasteiger charge is 2.30.